The van der Waals surface area contributed by atoms with Crippen molar-refractivity contribution in [1.82, 2.24) is 0 Å². The molecule has 0 aliphatic rings. The molecule has 0 aromatic heterocycles. The molecule has 0 saturated heterocycles. The van der Waals surface area contributed by atoms with Gasteiger partial charge in [-0.05, 0) is 70.1 Å². The second kappa shape index (κ2) is 13.4. The third kappa shape index (κ3) is 7.41. The van der Waals surface area contributed by atoms with E-state index in [1.54, 1.807) is 30.3 Å². The Morgan fingerprint density at radius 3 is 1.70 bits per heavy atom. The van der Waals surface area contributed by atoms with Gasteiger partial charge in [0.2, 0.25) is 0 Å². The van der Waals surface area contributed by atoms with Crippen LogP contribution in [0.25, 0.3) is 21.5 Å². The minimum absolute atomic E-state index is 0. The molecule has 0 atom stereocenters. The van der Waals surface area contributed by atoms with Gasteiger partial charge in [-0.2, -0.15) is 27.1 Å². The van der Waals surface area contributed by atoms with Crippen molar-refractivity contribution in [2.75, 3.05) is 5.73 Å². The first-order valence-electron chi connectivity index (χ1n) is 11.5. The Bertz CT molecular complexity index is 2140. The first kappa shape index (κ1) is 34.5. The largest absolute Gasteiger partial charge is 1.00 e. The molecule has 0 saturated carbocycles. The average Bonchev–Trinajstić information content (AvgIpc) is 2.91. The molecule has 0 radical (unpaired) electrons. The summed E-state index contributed by atoms with van der Waals surface area (Å²) in [6, 6.07) is 18.2. The third-order valence-electron chi connectivity index (χ3n) is 5.91. The average molecular weight is 638 g/mol. The summed E-state index contributed by atoms with van der Waals surface area (Å²) in [4.78, 5) is -1.55. The van der Waals surface area contributed by atoms with Crippen molar-refractivity contribution in [1.29, 1.82) is 0 Å². The molecule has 5 aromatic rings. The smallest absolute Gasteiger partial charge is 0.871 e. The number of hydrogen-bond acceptors (Lipinski definition) is 11. The van der Waals surface area contributed by atoms with Gasteiger partial charge in [-0.15, -0.1) is 10.2 Å². The molecule has 0 aliphatic heterocycles. The van der Waals surface area contributed by atoms with Gasteiger partial charge in [-0.3, -0.25) is 9.11 Å². The zero-order valence-corrected chi connectivity index (χ0v) is 28.2. The first-order chi connectivity index (χ1) is 19.3. The van der Waals surface area contributed by atoms with Crippen molar-refractivity contribution in [3.8, 4) is 11.5 Å². The fourth-order valence-corrected chi connectivity index (χ4v) is 5.33. The molecular formula is C26H17N5Na2O8S2. The summed E-state index contributed by atoms with van der Waals surface area (Å²) in [5.41, 5.74) is 4.94. The summed E-state index contributed by atoms with van der Waals surface area (Å²) in [5, 5.41) is 41.9. The quantitative estimate of drug-likeness (QED) is 0.0901. The van der Waals surface area contributed by atoms with Crippen molar-refractivity contribution >= 4 is 70.2 Å². The van der Waals surface area contributed by atoms with Crippen molar-refractivity contribution < 1.29 is 95.3 Å². The van der Waals surface area contributed by atoms with E-state index in [9.17, 15) is 36.2 Å². The maximum atomic E-state index is 13.3. The molecule has 0 heterocycles. The Hall–Kier alpha value is -2.96. The molecule has 0 amide bonds. The molecule has 0 spiro atoms. The van der Waals surface area contributed by atoms with Crippen LogP contribution in [0.4, 0.5) is 28.4 Å². The predicted octanol–water partition coefficient (Wildman–Crippen LogP) is -0.945. The molecular weight excluding hydrogens is 620 g/mol. The van der Waals surface area contributed by atoms with Crippen LogP contribution in [0.2, 0.25) is 0 Å². The molecule has 17 heteroatoms. The van der Waals surface area contributed by atoms with Gasteiger partial charge >= 0.3 is 59.1 Å². The van der Waals surface area contributed by atoms with Gasteiger partial charge in [0, 0.05) is 5.69 Å². The first-order valence-corrected chi connectivity index (χ1v) is 14.4. The molecule has 4 N–H and O–H groups in total. The Morgan fingerprint density at radius 1 is 0.581 bits per heavy atom. The summed E-state index contributed by atoms with van der Waals surface area (Å²) >= 11 is 0. The molecule has 13 nitrogen and oxygen atoms in total. The zero-order valence-electron chi connectivity index (χ0n) is 22.5. The normalized spacial score (nSPS) is 12.0. The molecule has 208 valence electrons. The molecule has 0 aliphatic carbocycles. The standard InChI is InChI=1S/C26H19N5O8S2.2Na/c27-16-7-9-19-15(10-16)12-22(41(37,38)39)23(25(19)32)31-29-18-8-6-14-11-21(40(34,35)36)24(26(33)20(14)13-18)30-28-17-4-2-1-3-5-17;;/h1-13,32-33H,27H2,(H,34,35,36)(H,37,38,39);;/q;2*+1/p-2. The van der Waals surface area contributed by atoms with E-state index in [2.05, 4.69) is 20.5 Å². The Morgan fingerprint density at radius 2 is 1.12 bits per heavy atom. The number of benzene rings is 5. The zero-order chi connectivity index (χ0) is 29.5. The third-order valence-corrected chi connectivity index (χ3v) is 7.65. The van der Waals surface area contributed by atoms with Gasteiger partial charge in [-0.25, -0.2) is 0 Å². The van der Waals surface area contributed by atoms with Gasteiger partial charge in [0.1, 0.15) is 9.79 Å². The maximum Gasteiger partial charge on any atom is 1.00 e. The predicted molar refractivity (Wildman–Crippen MR) is 146 cm³/mol. The van der Waals surface area contributed by atoms with Crippen molar-refractivity contribution in [2.45, 2.75) is 9.79 Å². The summed E-state index contributed by atoms with van der Waals surface area (Å²) in [6.07, 6.45) is 0. The van der Waals surface area contributed by atoms with E-state index < -0.39 is 52.9 Å². The fraction of sp³-hybridized carbons (Fsp3) is 0. The Balaban J connectivity index is 0.00000253. The van der Waals surface area contributed by atoms with Crippen molar-refractivity contribution in [2.24, 2.45) is 20.5 Å². The topological polar surface area (TPSA) is 230 Å². The Kier molecular flexibility index (Phi) is 10.7. The van der Waals surface area contributed by atoms with Crippen molar-refractivity contribution in [3.63, 3.8) is 0 Å². The second-order valence-corrected chi connectivity index (χ2v) is 11.5. The van der Waals surface area contributed by atoms with E-state index in [0.717, 1.165) is 12.1 Å². The minimum atomic E-state index is -4.91. The number of azo groups is 2. The van der Waals surface area contributed by atoms with Crippen molar-refractivity contribution in [3.05, 3.63) is 78.9 Å². The summed E-state index contributed by atoms with van der Waals surface area (Å²) in [6.45, 7) is 0. The minimum Gasteiger partial charge on any atom is -0.871 e. The van der Waals surface area contributed by atoms with Gasteiger partial charge < -0.3 is 15.9 Å². The van der Waals surface area contributed by atoms with E-state index in [-0.39, 0.29) is 92.0 Å². The monoisotopic (exact) mass is 637 g/mol. The summed E-state index contributed by atoms with van der Waals surface area (Å²) in [7, 11) is -9.78. The molecule has 0 unspecified atom stereocenters. The molecule has 0 bridgehead atoms. The second-order valence-electron chi connectivity index (χ2n) is 8.68. The van der Waals surface area contributed by atoms with Crippen LogP contribution in [0, 0.1) is 0 Å². The van der Waals surface area contributed by atoms with E-state index in [1.165, 1.54) is 36.4 Å². The van der Waals surface area contributed by atoms with Gasteiger partial charge in [0.15, 0.2) is 0 Å². The molecule has 0 fully saturated rings. The fourth-order valence-electron chi connectivity index (χ4n) is 4.03. The number of anilines is 1. The molecule has 43 heavy (non-hydrogen) atoms. The summed E-state index contributed by atoms with van der Waals surface area (Å²) in [5.74, 6) is -1.75. The number of hydrogen-bond donors (Lipinski definition) is 3. The van der Waals surface area contributed by atoms with Gasteiger partial charge in [0.25, 0.3) is 20.2 Å². The number of fused-ring (bicyclic) bond motifs is 2. The Labute approximate surface area is 289 Å². The molecule has 5 rings (SSSR count). The number of nitrogen functional groups attached to an aromatic ring is 1. The van der Waals surface area contributed by atoms with E-state index in [1.807, 2.05) is 0 Å². The van der Waals surface area contributed by atoms with Crippen LogP contribution < -0.4 is 75.1 Å². The number of rotatable bonds is 6. The van der Waals surface area contributed by atoms with E-state index >= 15 is 0 Å². The number of nitrogens with zero attached hydrogens (tertiary/aromatic N) is 4. The van der Waals surface area contributed by atoms with Gasteiger partial charge in [0.05, 0.1) is 22.7 Å². The van der Waals surface area contributed by atoms with Crippen LogP contribution in [0.15, 0.2) is 109 Å². The SMILES string of the molecule is Nc1ccc2c([O-])c(N=Nc3ccc4cc(S(=O)(=O)O)c(N=Nc5ccccc5)c([O-])c4c3)c(S(=O)(=O)O)cc2c1.[Na+].[Na+]. The van der Waals surface area contributed by atoms with Gasteiger partial charge in [-0.1, -0.05) is 41.8 Å². The van der Waals surface area contributed by atoms with Crippen LogP contribution in [0.1, 0.15) is 0 Å². The van der Waals surface area contributed by atoms with Crippen LogP contribution in [-0.2, 0) is 20.2 Å². The van der Waals surface area contributed by atoms with Crippen LogP contribution in [0.3, 0.4) is 0 Å². The molecule has 5 aromatic carbocycles. The van der Waals surface area contributed by atoms with E-state index in [4.69, 9.17) is 5.73 Å². The van der Waals surface area contributed by atoms with Crippen LogP contribution in [0.5, 0.6) is 11.5 Å². The van der Waals surface area contributed by atoms with Crippen LogP contribution in [-0.4, -0.2) is 25.9 Å². The number of nitrogens with two attached hydrogens (primary N) is 1. The summed E-state index contributed by atoms with van der Waals surface area (Å²) < 4.78 is 67.5. The van der Waals surface area contributed by atoms with E-state index in [0.29, 0.717) is 5.69 Å². The van der Waals surface area contributed by atoms with Crippen LogP contribution >= 0.6 is 0 Å². The maximum absolute atomic E-state index is 13.3.